The zero-order valence-electron chi connectivity index (χ0n) is 11.5. The van der Waals surface area contributed by atoms with Gasteiger partial charge in [-0.05, 0) is 18.6 Å². The van der Waals surface area contributed by atoms with Crippen LogP contribution in [-0.4, -0.2) is 43.6 Å². The van der Waals surface area contributed by atoms with Crippen molar-refractivity contribution in [2.45, 2.75) is 19.0 Å². The number of aromatic nitrogens is 4. The number of rotatable bonds is 4. The molecule has 1 aliphatic rings. The monoisotopic (exact) mass is 300 g/mol. The minimum atomic E-state index is 0.450. The predicted octanol–water partition coefficient (Wildman–Crippen LogP) is 1.87. The van der Waals surface area contributed by atoms with E-state index in [4.69, 9.17) is 0 Å². The van der Waals surface area contributed by atoms with Crippen molar-refractivity contribution in [2.75, 3.05) is 18.4 Å². The first kappa shape index (κ1) is 12.7. The van der Waals surface area contributed by atoms with Crippen molar-refractivity contribution in [3.8, 4) is 0 Å². The molecule has 3 aromatic heterocycles. The SMILES string of the molecule is c1cn2nc(NC3CCN(Cc4cncs4)C3)ccc2n1. The molecule has 1 unspecified atom stereocenters. The van der Waals surface area contributed by atoms with Crippen LogP contribution < -0.4 is 5.32 Å². The van der Waals surface area contributed by atoms with E-state index in [0.29, 0.717) is 6.04 Å². The number of nitrogens with zero attached hydrogens (tertiary/aromatic N) is 5. The summed E-state index contributed by atoms with van der Waals surface area (Å²) in [5.74, 6) is 0.908. The summed E-state index contributed by atoms with van der Waals surface area (Å²) in [6, 6.07) is 4.43. The van der Waals surface area contributed by atoms with E-state index in [9.17, 15) is 0 Å². The van der Waals surface area contributed by atoms with Crippen LogP contribution in [0.4, 0.5) is 5.82 Å². The summed E-state index contributed by atoms with van der Waals surface area (Å²) < 4.78 is 1.80. The van der Waals surface area contributed by atoms with Gasteiger partial charge in [-0.2, -0.15) is 0 Å². The van der Waals surface area contributed by atoms with Gasteiger partial charge in [0.05, 0.1) is 5.51 Å². The van der Waals surface area contributed by atoms with Crippen LogP contribution in [0, 0.1) is 0 Å². The van der Waals surface area contributed by atoms with Crippen LogP contribution in [0.15, 0.2) is 36.2 Å². The lowest BCUT2D eigenvalue weighted by Gasteiger charge is -2.16. The number of hydrogen-bond donors (Lipinski definition) is 1. The molecule has 1 fully saturated rings. The molecule has 1 saturated heterocycles. The van der Waals surface area contributed by atoms with Gasteiger partial charge in [0.25, 0.3) is 0 Å². The van der Waals surface area contributed by atoms with Crippen molar-refractivity contribution in [1.82, 2.24) is 24.5 Å². The van der Waals surface area contributed by atoms with Crippen LogP contribution in [-0.2, 0) is 6.54 Å². The Balaban J connectivity index is 1.39. The third kappa shape index (κ3) is 2.74. The summed E-state index contributed by atoms with van der Waals surface area (Å²) in [4.78, 5) is 12.1. The standard InChI is InChI=1S/C14H16N6S/c1-2-14-16-4-6-20(14)18-13(1)17-11-3-5-19(8-11)9-12-7-15-10-21-12/h1-2,4,6-7,10-11H,3,5,8-9H2,(H,17,18). The van der Waals surface area contributed by atoms with Gasteiger partial charge in [0.2, 0.25) is 0 Å². The van der Waals surface area contributed by atoms with Gasteiger partial charge in [0.1, 0.15) is 5.82 Å². The molecule has 1 aliphatic heterocycles. The number of nitrogens with one attached hydrogen (secondary N) is 1. The summed E-state index contributed by atoms with van der Waals surface area (Å²) in [7, 11) is 0. The quantitative estimate of drug-likeness (QED) is 0.797. The van der Waals surface area contributed by atoms with Crippen molar-refractivity contribution in [3.05, 3.63) is 41.1 Å². The third-order valence-corrected chi connectivity index (χ3v) is 4.51. The average molecular weight is 300 g/mol. The number of anilines is 1. The molecule has 6 nitrogen and oxygen atoms in total. The second-order valence-corrected chi connectivity index (χ2v) is 6.25. The Morgan fingerprint density at radius 1 is 1.38 bits per heavy atom. The van der Waals surface area contributed by atoms with Crippen molar-refractivity contribution >= 4 is 22.8 Å². The molecule has 0 aromatic carbocycles. The van der Waals surface area contributed by atoms with Gasteiger partial charge in [-0.1, -0.05) is 0 Å². The fourth-order valence-corrected chi connectivity index (χ4v) is 3.37. The molecule has 0 spiro atoms. The third-order valence-electron chi connectivity index (χ3n) is 3.74. The molecule has 108 valence electrons. The Bertz CT molecular complexity index is 722. The number of imidazole rings is 1. The number of fused-ring (bicyclic) bond motifs is 1. The molecule has 0 bridgehead atoms. The molecule has 0 saturated carbocycles. The molecule has 4 heterocycles. The zero-order valence-corrected chi connectivity index (χ0v) is 12.3. The van der Waals surface area contributed by atoms with Gasteiger partial charge in [-0.15, -0.1) is 16.4 Å². The van der Waals surface area contributed by atoms with Gasteiger partial charge in [0.15, 0.2) is 5.65 Å². The molecule has 7 heteroatoms. The van der Waals surface area contributed by atoms with E-state index in [1.807, 2.05) is 30.0 Å². The Kier molecular flexibility index (Phi) is 3.28. The second-order valence-electron chi connectivity index (χ2n) is 5.28. The minimum Gasteiger partial charge on any atom is -0.365 e. The maximum absolute atomic E-state index is 4.52. The minimum absolute atomic E-state index is 0.450. The van der Waals surface area contributed by atoms with Gasteiger partial charge in [-0.3, -0.25) is 9.88 Å². The van der Waals surface area contributed by atoms with Crippen LogP contribution in [0.2, 0.25) is 0 Å². The number of likely N-dealkylation sites (tertiary alicyclic amines) is 1. The summed E-state index contributed by atoms with van der Waals surface area (Å²) >= 11 is 1.72. The lowest BCUT2D eigenvalue weighted by molar-refractivity contribution is 0.331. The molecule has 4 rings (SSSR count). The fraction of sp³-hybridized carbons (Fsp3) is 0.357. The normalized spacial score (nSPS) is 19.3. The molecular formula is C14H16N6S. The number of thiazole rings is 1. The van der Waals surface area contributed by atoms with Crippen molar-refractivity contribution in [2.24, 2.45) is 0 Å². The Morgan fingerprint density at radius 3 is 3.29 bits per heavy atom. The fourth-order valence-electron chi connectivity index (χ4n) is 2.74. The van der Waals surface area contributed by atoms with Crippen LogP contribution in [0.3, 0.4) is 0 Å². The summed E-state index contributed by atoms with van der Waals surface area (Å²) in [5.41, 5.74) is 2.77. The first-order valence-corrected chi connectivity index (χ1v) is 7.91. The van der Waals surface area contributed by atoms with E-state index in [0.717, 1.165) is 37.5 Å². The van der Waals surface area contributed by atoms with Gasteiger partial charge in [0, 0.05) is 49.1 Å². The molecular weight excluding hydrogens is 284 g/mol. The highest BCUT2D eigenvalue weighted by Gasteiger charge is 2.23. The largest absolute Gasteiger partial charge is 0.365 e. The van der Waals surface area contributed by atoms with Crippen molar-refractivity contribution in [3.63, 3.8) is 0 Å². The summed E-state index contributed by atoms with van der Waals surface area (Å²) in [6.07, 6.45) is 6.73. The lowest BCUT2D eigenvalue weighted by atomic mass is 10.2. The number of hydrogen-bond acceptors (Lipinski definition) is 6. The second kappa shape index (κ2) is 5.42. The molecule has 1 N–H and O–H groups in total. The van der Waals surface area contributed by atoms with E-state index >= 15 is 0 Å². The van der Waals surface area contributed by atoms with Gasteiger partial charge < -0.3 is 5.32 Å². The van der Waals surface area contributed by atoms with E-state index in [1.54, 1.807) is 22.0 Å². The molecule has 0 amide bonds. The highest BCUT2D eigenvalue weighted by molar-refractivity contribution is 7.09. The lowest BCUT2D eigenvalue weighted by Crippen LogP contribution is -2.26. The van der Waals surface area contributed by atoms with Crippen molar-refractivity contribution in [1.29, 1.82) is 0 Å². The molecule has 0 radical (unpaired) electrons. The van der Waals surface area contributed by atoms with Crippen molar-refractivity contribution < 1.29 is 0 Å². The smallest absolute Gasteiger partial charge is 0.153 e. The van der Waals surface area contributed by atoms with Crippen LogP contribution >= 0.6 is 11.3 Å². The van der Waals surface area contributed by atoms with E-state index in [1.165, 1.54) is 4.88 Å². The van der Waals surface area contributed by atoms with Crippen LogP contribution in [0.5, 0.6) is 0 Å². The van der Waals surface area contributed by atoms with Gasteiger partial charge >= 0.3 is 0 Å². The average Bonchev–Trinajstić information content (AvgIpc) is 3.21. The first-order chi connectivity index (χ1) is 10.4. The molecule has 3 aromatic rings. The van der Waals surface area contributed by atoms with Crippen LogP contribution in [0.25, 0.3) is 5.65 Å². The molecule has 0 aliphatic carbocycles. The van der Waals surface area contributed by atoms with E-state index in [-0.39, 0.29) is 0 Å². The van der Waals surface area contributed by atoms with Gasteiger partial charge in [-0.25, -0.2) is 9.50 Å². The molecule has 1 atom stereocenters. The summed E-state index contributed by atoms with van der Waals surface area (Å²) in [6.45, 7) is 3.15. The van der Waals surface area contributed by atoms with E-state index in [2.05, 4.69) is 25.3 Å². The Morgan fingerprint density at radius 2 is 2.38 bits per heavy atom. The first-order valence-electron chi connectivity index (χ1n) is 7.03. The highest BCUT2D eigenvalue weighted by Crippen LogP contribution is 2.18. The van der Waals surface area contributed by atoms with Crippen LogP contribution in [0.1, 0.15) is 11.3 Å². The topological polar surface area (TPSA) is 58.4 Å². The Labute approximate surface area is 126 Å². The van der Waals surface area contributed by atoms with E-state index < -0.39 is 0 Å². The maximum Gasteiger partial charge on any atom is 0.153 e. The Hall–Kier alpha value is -1.99. The predicted molar refractivity (Wildman–Crippen MR) is 82.4 cm³/mol. The molecule has 21 heavy (non-hydrogen) atoms. The maximum atomic E-state index is 4.52. The highest BCUT2D eigenvalue weighted by atomic mass is 32.1. The summed E-state index contributed by atoms with van der Waals surface area (Å²) in [5, 5.41) is 8.03. The zero-order chi connectivity index (χ0) is 14.1.